The number of sulfone groups is 2. The maximum Gasteiger partial charge on any atom is 0.266 e. The van der Waals surface area contributed by atoms with Crippen molar-refractivity contribution in [2.75, 3.05) is 0 Å². The zero-order valence-electron chi connectivity index (χ0n) is 9.15. The molecule has 0 aromatic carbocycles. The zero-order chi connectivity index (χ0) is 18.2. The van der Waals surface area contributed by atoms with Crippen LogP contribution in [0.2, 0.25) is 0 Å². The van der Waals surface area contributed by atoms with Gasteiger partial charge < -0.3 is 0 Å². The van der Waals surface area contributed by atoms with Crippen molar-refractivity contribution in [1.82, 2.24) is 0 Å². The maximum absolute atomic E-state index is 12.4. The van der Waals surface area contributed by atoms with E-state index in [0.717, 1.165) is 0 Å². The summed E-state index contributed by atoms with van der Waals surface area (Å²) in [4.78, 5) is 4.67. The Morgan fingerprint density at radius 3 is 1.27 bits per heavy atom. The fourth-order valence-electron chi connectivity index (χ4n) is 0.579. The van der Waals surface area contributed by atoms with E-state index in [1.165, 1.54) is 0 Å². The summed E-state index contributed by atoms with van der Waals surface area (Å²) in [6.45, 7) is 0. The molecule has 0 aliphatic rings. The van der Waals surface area contributed by atoms with Gasteiger partial charge >= 0.3 is 0 Å². The molecule has 0 aromatic rings. The van der Waals surface area contributed by atoms with Crippen LogP contribution in [0, 0.1) is 0 Å². The van der Waals surface area contributed by atoms with Gasteiger partial charge in [-0.1, -0.05) is 0 Å². The lowest BCUT2D eigenvalue weighted by atomic mass is 11.7. The lowest BCUT2D eigenvalue weighted by molar-refractivity contribution is -0.183. The highest BCUT2D eigenvalue weighted by molar-refractivity contribution is 9.43. The number of hydrogen-bond acceptors (Lipinski definition) is 7. The van der Waals surface area contributed by atoms with Crippen LogP contribution in [0.1, 0.15) is 0 Å². The zero-order valence-corrected chi connectivity index (χ0v) is 25.9. The molecule has 0 radical (unpaired) electrons. The summed E-state index contributed by atoms with van der Waals surface area (Å²) >= 11 is 25.6. The summed E-state index contributed by atoms with van der Waals surface area (Å²) in [7, 11) is -8.83. The summed E-state index contributed by atoms with van der Waals surface area (Å²) in [6.07, 6.45) is 0. The second-order valence-electron chi connectivity index (χ2n) is 2.96. The molecule has 0 amide bonds. The van der Waals surface area contributed by atoms with Crippen LogP contribution in [0.4, 0.5) is 0 Å². The lowest BCUT2D eigenvalue weighted by Crippen LogP contribution is -2.40. The maximum atomic E-state index is 12.4. The van der Waals surface area contributed by atoms with Crippen molar-refractivity contribution in [3.63, 3.8) is 0 Å². The van der Waals surface area contributed by atoms with Gasteiger partial charge in [0, 0.05) is 0 Å². The molecule has 0 bridgehead atoms. The molecule has 0 aliphatic carbocycles. The minimum atomic E-state index is -4.41. The number of rotatable bonds is 5. The predicted octanol–water partition coefficient (Wildman–Crippen LogP) is 6.08. The van der Waals surface area contributed by atoms with Gasteiger partial charge in [-0.3, -0.25) is 0 Å². The van der Waals surface area contributed by atoms with E-state index in [1.54, 1.807) is 0 Å². The van der Waals surface area contributed by atoms with E-state index in [-0.39, 0.29) is 12.0 Å². The summed E-state index contributed by atoms with van der Waals surface area (Å²) < 4.78 is 47.1. The van der Waals surface area contributed by atoms with E-state index in [9.17, 15) is 16.8 Å². The van der Waals surface area contributed by atoms with E-state index >= 15 is 0 Å². The highest BCUT2D eigenvalue weighted by Gasteiger charge is 2.56. The first kappa shape index (κ1) is 26.5. The Labute approximate surface area is 206 Å². The molecular weight excluding hydrogens is 959 g/mol. The Morgan fingerprint density at radius 2 is 1.05 bits per heavy atom. The number of halogens is 9. The third kappa shape index (κ3) is 7.85. The summed E-state index contributed by atoms with van der Waals surface area (Å²) in [5, 5.41) is 0. The molecule has 22 heavy (non-hydrogen) atoms. The van der Waals surface area contributed by atoms with Gasteiger partial charge in [0.2, 0.25) is 26.5 Å². The summed E-state index contributed by atoms with van der Waals surface area (Å²) in [5.41, 5.74) is 0. The molecule has 0 aromatic heterocycles. The highest BCUT2D eigenvalue weighted by atomic mass is 80.0. The average molecular weight is 960 g/mol. The van der Waals surface area contributed by atoms with E-state index in [0.29, 0.717) is 0 Å². The van der Waals surface area contributed by atoms with Crippen LogP contribution in [0.5, 0.6) is 0 Å². The van der Waals surface area contributed by atoms with Crippen molar-refractivity contribution in [3.05, 3.63) is 0 Å². The van der Waals surface area contributed by atoms with Crippen molar-refractivity contribution in [2.45, 2.75) is 9.19 Å². The predicted molar refractivity (Wildman–Crippen MR) is 120 cm³/mol. The fraction of sp³-hybridized carbons (Fsp3) is 1.00. The first-order valence-corrected chi connectivity index (χ1v) is 15.1. The normalized spacial score (nSPS) is 15.4. The van der Waals surface area contributed by atoms with Gasteiger partial charge in [-0.25, -0.2) is 16.8 Å². The molecule has 18 heteroatoms. The first-order chi connectivity index (χ1) is 9.34. The van der Waals surface area contributed by atoms with Crippen LogP contribution in [0.3, 0.4) is 0 Å². The molecule has 0 saturated heterocycles. The second kappa shape index (κ2) is 9.33. The second-order valence-corrected chi connectivity index (χ2v) is 32.2. The third-order valence-electron chi connectivity index (χ3n) is 1.40. The van der Waals surface area contributed by atoms with Crippen molar-refractivity contribution in [2.24, 2.45) is 0 Å². The van der Waals surface area contributed by atoms with Crippen molar-refractivity contribution in [1.29, 1.82) is 0 Å². The van der Waals surface area contributed by atoms with Crippen LogP contribution >= 0.6 is 155 Å². The highest BCUT2D eigenvalue weighted by Crippen LogP contribution is 2.51. The van der Waals surface area contributed by atoms with Crippen LogP contribution in [0.15, 0.2) is 0 Å². The molecule has 0 N–H and O–H groups in total. The van der Waals surface area contributed by atoms with E-state index in [4.69, 9.17) is 0 Å². The topological polar surface area (TPSA) is 86.7 Å². The van der Waals surface area contributed by atoms with Gasteiger partial charge in [0.15, 0.2) is 0 Å². The van der Waals surface area contributed by atoms with Crippen LogP contribution in [0.25, 0.3) is 0 Å². The summed E-state index contributed by atoms with van der Waals surface area (Å²) in [5.74, 6) is 0. The molecule has 0 heterocycles. The van der Waals surface area contributed by atoms with Gasteiger partial charge in [-0.15, -0.1) is 0 Å². The van der Waals surface area contributed by atoms with E-state index in [1.807, 2.05) is 0 Å². The van der Waals surface area contributed by atoms with Crippen LogP contribution in [-0.2, 0) is 28.9 Å². The van der Waals surface area contributed by atoms with Gasteiger partial charge in [0.25, 0.3) is 2.33 Å². The van der Waals surface area contributed by atoms with Crippen LogP contribution < -0.4 is 0 Å². The molecule has 6 nitrogen and oxygen atoms in total. The Hall–Kier alpha value is 4.49. The molecule has 134 valence electrons. The molecule has 0 aliphatic heterocycles. The largest absolute Gasteiger partial charge is 0.266 e. The van der Waals surface area contributed by atoms with Gasteiger partial charge in [0.05, 0.1) is 12.0 Å². The minimum absolute atomic E-state index is 0.0479. The average Bonchev–Trinajstić information content (AvgIpc) is 2.18. The van der Waals surface area contributed by atoms with Crippen molar-refractivity contribution < 1.29 is 26.1 Å². The van der Waals surface area contributed by atoms with Gasteiger partial charge in [0.1, 0.15) is 0 Å². The third-order valence-corrected chi connectivity index (χ3v) is 16.0. The minimum Gasteiger partial charge on any atom is -0.223 e. The number of alkyl halides is 9. The molecular formula is C4HBr9O6S3. The van der Waals surface area contributed by atoms with Gasteiger partial charge in [-0.2, -0.15) is 9.22 Å². The number of hydrogen-bond donors (Lipinski definition) is 0. The standard InChI is InChI=1S/C4HBr9O6S3/c5-2(6,7)18-19-20-1(21(14,15)3(8,9)10)22(16,17)4(11,12)13/h1H. The molecule has 0 spiro atoms. The summed E-state index contributed by atoms with van der Waals surface area (Å²) in [6, 6.07) is 0. The lowest BCUT2D eigenvalue weighted by Gasteiger charge is -2.25. The Kier molecular flexibility index (Phi) is 11.2. The van der Waals surface area contributed by atoms with Crippen molar-refractivity contribution in [3.8, 4) is 0 Å². The quantitative estimate of drug-likeness (QED) is 0.143. The van der Waals surface area contributed by atoms with Gasteiger partial charge in [-0.05, 0) is 143 Å². The molecule has 0 atom stereocenters. The van der Waals surface area contributed by atoms with E-state index in [2.05, 4.69) is 153 Å². The smallest absolute Gasteiger partial charge is 0.223 e. The molecule has 0 saturated carbocycles. The van der Waals surface area contributed by atoms with E-state index < -0.39 is 28.9 Å². The van der Waals surface area contributed by atoms with Crippen molar-refractivity contribution >= 4 is 175 Å². The molecule has 0 rings (SSSR count). The fourth-order valence-corrected chi connectivity index (χ4v) is 13.6. The monoisotopic (exact) mass is 951 g/mol. The Bertz CT molecular complexity index is 538. The Morgan fingerprint density at radius 1 is 0.727 bits per heavy atom. The SMILES string of the molecule is O=S(=O)(C(SOOC(Br)(Br)Br)S(=O)(=O)C(Br)(Br)Br)C(Br)(Br)Br. The first-order valence-electron chi connectivity index (χ1n) is 4.02. The molecule has 0 fully saturated rings. The van der Waals surface area contributed by atoms with Crippen LogP contribution in [-0.4, -0.2) is 26.0 Å². The molecule has 0 unspecified atom stereocenters. The Balaban J connectivity index is 5.76.